The number of carbonyl (C=O) groups excluding carboxylic acids is 3. The van der Waals surface area contributed by atoms with E-state index < -0.39 is 53.0 Å². The molecule has 9 nitrogen and oxygen atoms in total. The van der Waals surface area contributed by atoms with E-state index in [0.29, 0.717) is 11.6 Å². The lowest BCUT2D eigenvalue weighted by Crippen LogP contribution is -2.28. The summed E-state index contributed by atoms with van der Waals surface area (Å²) in [5.41, 5.74) is -1.04. The van der Waals surface area contributed by atoms with Crippen LogP contribution in [0.15, 0.2) is 60.9 Å². The number of rotatable bonds is 10. The molecule has 0 saturated carbocycles. The molecule has 0 saturated heterocycles. The quantitative estimate of drug-likeness (QED) is 0.165. The van der Waals surface area contributed by atoms with E-state index in [0.717, 1.165) is 11.6 Å². The molecule has 0 unspecified atom stereocenters. The summed E-state index contributed by atoms with van der Waals surface area (Å²) in [6.07, 6.45) is -3.28. The van der Waals surface area contributed by atoms with Crippen LogP contribution in [0.3, 0.4) is 0 Å². The summed E-state index contributed by atoms with van der Waals surface area (Å²) in [4.78, 5) is 42.2. The second-order valence-corrected chi connectivity index (χ2v) is 9.83. The molecule has 218 valence electrons. The summed E-state index contributed by atoms with van der Waals surface area (Å²) in [5, 5.41) is 4.66. The number of halogens is 3. The fourth-order valence-corrected chi connectivity index (χ4v) is 3.62. The van der Waals surface area contributed by atoms with E-state index in [1.54, 1.807) is 57.4 Å². The number of carbonyl (C=O) groups is 3. The SMILES string of the molecule is COCCOc1cc(NC(=O)OC(C)(C)C)c(NC(=O)CC(=O)c2cccc(-c3cccnc3)c2)cc1C(F)(F)F. The molecule has 2 N–H and O–H groups in total. The second kappa shape index (κ2) is 13.3. The standard InChI is InChI=1S/C29H30F3N3O6/c1-28(2,3)41-27(38)35-23-15-25(40-12-11-39-4)21(29(30,31)32)14-22(23)34-26(37)16-24(36)19-8-5-7-18(13-19)20-9-6-10-33-17-20/h5-10,13-15,17H,11-12,16H2,1-4H3,(H,34,37)(H,35,38). The van der Waals surface area contributed by atoms with Gasteiger partial charge in [0.05, 0.1) is 30.0 Å². The van der Waals surface area contributed by atoms with E-state index in [9.17, 15) is 27.6 Å². The van der Waals surface area contributed by atoms with Gasteiger partial charge in [-0.15, -0.1) is 0 Å². The lowest BCUT2D eigenvalue weighted by atomic mass is 10.0. The number of amides is 2. The molecule has 0 radical (unpaired) electrons. The number of pyridine rings is 1. The van der Waals surface area contributed by atoms with Crippen molar-refractivity contribution < 1.29 is 41.8 Å². The maximum atomic E-state index is 13.9. The smallest absolute Gasteiger partial charge is 0.420 e. The van der Waals surface area contributed by atoms with Gasteiger partial charge in [0.1, 0.15) is 18.0 Å². The summed E-state index contributed by atoms with van der Waals surface area (Å²) < 4.78 is 57.0. The highest BCUT2D eigenvalue weighted by atomic mass is 19.4. The van der Waals surface area contributed by atoms with Gasteiger partial charge in [-0.2, -0.15) is 13.2 Å². The number of ether oxygens (including phenoxy) is 3. The van der Waals surface area contributed by atoms with Crippen LogP contribution in [0.1, 0.15) is 43.1 Å². The number of hydrogen-bond acceptors (Lipinski definition) is 7. The number of anilines is 2. The first kappa shape index (κ1) is 31.1. The number of methoxy groups -OCH3 is 1. The van der Waals surface area contributed by atoms with Gasteiger partial charge in [0.2, 0.25) is 5.91 Å². The molecule has 0 atom stereocenters. The zero-order valence-electron chi connectivity index (χ0n) is 22.9. The number of nitrogens with zero attached hydrogens (tertiary/aromatic N) is 1. The van der Waals surface area contributed by atoms with Gasteiger partial charge >= 0.3 is 12.3 Å². The molecule has 0 spiro atoms. The predicted octanol–water partition coefficient (Wildman–Crippen LogP) is 6.35. The Hall–Kier alpha value is -4.45. The van der Waals surface area contributed by atoms with Crippen LogP contribution >= 0.6 is 0 Å². The Balaban J connectivity index is 1.89. The number of hydrogen-bond donors (Lipinski definition) is 2. The van der Waals surface area contributed by atoms with Gasteiger partial charge < -0.3 is 19.5 Å². The monoisotopic (exact) mass is 573 g/mol. The molecule has 41 heavy (non-hydrogen) atoms. The van der Waals surface area contributed by atoms with Crippen LogP contribution in [0.2, 0.25) is 0 Å². The lowest BCUT2D eigenvalue weighted by Gasteiger charge is -2.22. The molecule has 2 amide bonds. The van der Waals surface area contributed by atoms with E-state index in [1.807, 2.05) is 6.07 Å². The van der Waals surface area contributed by atoms with Gasteiger partial charge in [0.25, 0.3) is 0 Å². The van der Waals surface area contributed by atoms with E-state index in [-0.39, 0.29) is 24.5 Å². The van der Waals surface area contributed by atoms with E-state index >= 15 is 0 Å². The topological polar surface area (TPSA) is 116 Å². The summed E-state index contributed by atoms with van der Waals surface area (Å²) in [7, 11) is 1.36. The molecule has 0 fully saturated rings. The number of aromatic nitrogens is 1. The van der Waals surface area contributed by atoms with Crippen LogP contribution in [-0.4, -0.2) is 48.7 Å². The molecule has 1 heterocycles. The zero-order valence-corrected chi connectivity index (χ0v) is 22.9. The van der Waals surface area contributed by atoms with Crippen molar-refractivity contribution in [2.45, 2.75) is 39.0 Å². The Kier molecular flexibility index (Phi) is 10.1. The highest BCUT2D eigenvalue weighted by molar-refractivity contribution is 6.12. The summed E-state index contributed by atoms with van der Waals surface area (Å²) >= 11 is 0. The van der Waals surface area contributed by atoms with Crippen LogP contribution in [-0.2, 0) is 20.4 Å². The number of alkyl halides is 3. The maximum absolute atomic E-state index is 13.9. The molecular weight excluding hydrogens is 543 g/mol. The third-order valence-corrected chi connectivity index (χ3v) is 5.38. The van der Waals surface area contributed by atoms with Gasteiger partial charge in [0, 0.05) is 36.7 Å². The van der Waals surface area contributed by atoms with Crippen molar-refractivity contribution in [2.75, 3.05) is 31.0 Å². The first-order valence-electron chi connectivity index (χ1n) is 12.5. The van der Waals surface area contributed by atoms with E-state index in [2.05, 4.69) is 15.6 Å². The molecule has 0 aliphatic carbocycles. The summed E-state index contributed by atoms with van der Waals surface area (Å²) in [6, 6.07) is 11.6. The molecule has 1 aromatic heterocycles. The number of nitrogens with one attached hydrogen (secondary N) is 2. The molecule has 0 aliphatic heterocycles. The molecule has 2 aromatic carbocycles. The van der Waals surface area contributed by atoms with E-state index in [4.69, 9.17) is 14.2 Å². The van der Waals surface area contributed by atoms with Crippen molar-refractivity contribution in [3.05, 3.63) is 72.1 Å². The Bertz CT molecular complexity index is 1390. The molecule has 3 rings (SSSR count). The van der Waals surface area contributed by atoms with Crippen LogP contribution in [0, 0.1) is 0 Å². The minimum atomic E-state index is -4.87. The summed E-state index contributed by atoms with van der Waals surface area (Å²) in [6.45, 7) is 4.63. The van der Waals surface area contributed by atoms with Gasteiger partial charge in [-0.05, 0) is 44.5 Å². The minimum Gasteiger partial charge on any atom is -0.490 e. The van der Waals surface area contributed by atoms with Crippen molar-refractivity contribution >= 4 is 29.2 Å². The molecule has 12 heteroatoms. The van der Waals surface area contributed by atoms with E-state index in [1.165, 1.54) is 13.2 Å². The minimum absolute atomic E-state index is 0.00864. The maximum Gasteiger partial charge on any atom is 0.420 e. The second-order valence-electron chi connectivity index (χ2n) is 9.83. The summed E-state index contributed by atoms with van der Waals surface area (Å²) in [5.74, 6) is -2.05. The third kappa shape index (κ3) is 9.31. The molecule has 0 bridgehead atoms. The van der Waals surface area contributed by atoms with Gasteiger partial charge in [-0.1, -0.05) is 24.3 Å². The fraction of sp³-hybridized carbons (Fsp3) is 0.310. The first-order valence-corrected chi connectivity index (χ1v) is 12.5. The molecule has 3 aromatic rings. The first-order chi connectivity index (χ1) is 19.3. The van der Waals surface area contributed by atoms with Crippen molar-refractivity contribution in [1.29, 1.82) is 0 Å². The number of Topliss-reactive ketones (excluding diaryl/α,β-unsaturated/α-hetero) is 1. The lowest BCUT2D eigenvalue weighted by molar-refractivity contribution is -0.139. The highest BCUT2D eigenvalue weighted by Gasteiger charge is 2.36. The van der Waals surface area contributed by atoms with Gasteiger partial charge in [-0.3, -0.25) is 19.9 Å². The largest absolute Gasteiger partial charge is 0.490 e. The van der Waals surface area contributed by atoms with Crippen molar-refractivity contribution in [3.8, 4) is 16.9 Å². The average Bonchev–Trinajstić information content (AvgIpc) is 2.89. The average molecular weight is 574 g/mol. The van der Waals surface area contributed by atoms with Gasteiger partial charge in [0.15, 0.2) is 5.78 Å². The van der Waals surface area contributed by atoms with Crippen molar-refractivity contribution in [3.63, 3.8) is 0 Å². The van der Waals surface area contributed by atoms with Crippen LogP contribution in [0.4, 0.5) is 29.3 Å². The fourth-order valence-electron chi connectivity index (χ4n) is 3.62. The van der Waals surface area contributed by atoms with Crippen LogP contribution in [0.25, 0.3) is 11.1 Å². The normalized spacial score (nSPS) is 11.5. The Morgan fingerprint density at radius 1 is 0.902 bits per heavy atom. The van der Waals surface area contributed by atoms with Gasteiger partial charge in [-0.25, -0.2) is 4.79 Å². The molecular formula is C29H30F3N3O6. The zero-order chi connectivity index (χ0) is 30.2. The Labute approximate surface area is 235 Å². The molecule has 0 aliphatic rings. The van der Waals surface area contributed by atoms with Crippen molar-refractivity contribution in [2.24, 2.45) is 0 Å². The van der Waals surface area contributed by atoms with Crippen LogP contribution < -0.4 is 15.4 Å². The van der Waals surface area contributed by atoms with Crippen LogP contribution in [0.5, 0.6) is 5.75 Å². The number of ketones is 1. The van der Waals surface area contributed by atoms with Crippen molar-refractivity contribution in [1.82, 2.24) is 4.98 Å². The third-order valence-electron chi connectivity index (χ3n) is 5.38. The predicted molar refractivity (Wildman–Crippen MR) is 146 cm³/mol. The Morgan fingerprint density at radius 2 is 1.61 bits per heavy atom. The highest BCUT2D eigenvalue weighted by Crippen LogP contribution is 2.41. The number of benzene rings is 2. The Morgan fingerprint density at radius 3 is 2.24 bits per heavy atom.